The van der Waals surface area contributed by atoms with Crippen LogP contribution >= 0.6 is 0 Å². The first-order valence-corrected chi connectivity index (χ1v) is 6.07. The maximum atomic E-state index is 13.1. The van der Waals surface area contributed by atoms with E-state index in [9.17, 15) is 4.39 Å². The SMILES string of the molecule is Fc1cccc(N2CCC3CCNC3C2)c1. The molecule has 0 spiro atoms. The van der Waals surface area contributed by atoms with Crippen molar-refractivity contribution in [3.63, 3.8) is 0 Å². The molecule has 0 aliphatic carbocycles. The molecule has 0 bridgehead atoms. The van der Waals surface area contributed by atoms with E-state index in [-0.39, 0.29) is 5.82 Å². The fourth-order valence-electron chi connectivity index (χ4n) is 2.94. The summed E-state index contributed by atoms with van der Waals surface area (Å²) >= 11 is 0. The Morgan fingerprint density at radius 2 is 2.25 bits per heavy atom. The number of halogens is 1. The number of rotatable bonds is 1. The molecular weight excluding hydrogens is 203 g/mol. The Morgan fingerprint density at radius 1 is 1.31 bits per heavy atom. The van der Waals surface area contributed by atoms with Gasteiger partial charge in [0.15, 0.2) is 0 Å². The Balaban J connectivity index is 1.76. The molecule has 2 aliphatic heterocycles. The van der Waals surface area contributed by atoms with E-state index in [1.807, 2.05) is 6.07 Å². The molecule has 1 aromatic rings. The number of piperidine rings is 1. The standard InChI is InChI=1S/C13H17FN2/c14-11-2-1-3-12(8-11)16-7-5-10-4-6-15-13(10)9-16/h1-3,8,10,13,15H,4-7,9H2. The van der Waals surface area contributed by atoms with Crippen LogP contribution in [-0.4, -0.2) is 25.7 Å². The van der Waals surface area contributed by atoms with Gasteiger partial charge in [-0.2, -0.15) is 0 Å². The molecule has 2 nitrogen and oxygen atoms in total. The van der Waals surface area contributed by atoms with Gasteiger partial charge in [-0.15, -0.1) is 0 Å². The molecule has 1 aromatic carbocycles. The Labute approximate surface area is 95.4 Å². The molecule has 2 fully saturated rings. The maximum Gasteiger partial charge on any atom is 0.125 e. The van der Waals surface area contributed by atoms with Gasteiger partial charge in [0.25, 0.3) is 0 Å². The van der Waals surface area contributed by atoms with Crippen LogP contribution in [0.4, 0.5) is 10.1 Å². The summed E-state index contributed by atoms with van der Waals surface area (Å²) in [6.07, 6.45) is 2.54. The van der Waals surface area contributed by atoms with Gasteiger partial charge >= 0.3 is 0 Å². The first kappa shape index (κ1) is 10.1. The first-order valence-electron chi connectivity index (χ1n) is 6.07. The summed E-state index contributed by atoms with van der Waals surface area (Å²) in [5.74, 6) is 0.698. The first-order chi connectivity index (χ1) is 7.83. The Kier molecular flexibility index (Phi) is 2.56. The van der Waals surface area contributed by atoms with Crippen molar-refractivity contribution < 1.29 is 4.39 Å². The van der Waals surface area contributed by atoms with E-state index in [2.05, 4.69) is 10.2 Å². The van der Waals surface area contributed by atoms with E-state index < -0.39 is 0 Å². The number of nitrogens with one attached hydrogen (secondary N) is 1. The Morgan fingerprint density at radius 3 is 3.12 bits per heavy atom. The van der Waals surface area contributed by atoms with Crippen molar-refractivity contribution in [3.8, 4) is 0 Å². The van der Waals surface area contributed by atoms with E-state index in [0.29, 0.717) is 6.04 Å². The van der Waals surface area contributed by atoms with Crippen molar-refractivity contribution in [2.24, 2.45) is 5.92 Å². The minimum atomic E-state index is -0.140. The van der Waals surface area contributed by atoms with Gasteiger partial charge in [-0.25, -0.2) is 4.39 Å². The van der Waals surface area contributed by atoms with Gasteiger partial charge in [-0.05, 0) is 43.5 Å². The van der Waals surface area contributed by atoms with Gasteiger partial charge in [0, 0.05) is 24.8 Å². The van der Waals surface area contributed by atoms with Gasteiger partial charge in [-0.1, -0.05) is 6.07 Å². The molecule has 0 saturated carbocycles. The summed E-state index contributed by atoms with van der Waals surface area (Å²) in [5, 5.41) is 3.54. The highest BCUT2D eigenvalue weighted by molar-refractivity contribution is 5.47. The molecule has 0 aromatic heterocycles. The average Bonchev–Trinajstić information content (AvgIpc) is 2.75. The predicted molar refractivity (Wildman–Crippen MR) is 63.1 cm³/mol. The maximum absolute atomic E-state index is 13.1. The van der Waals surface area contributed by atoms with Gasteiger partial charge in [0.1, 0.15) is 5.82 Å². The van der Waals surface area contributed by atoms with Gasteiger partial charge in [0.2, 0.25) is 0 Å². The van der Waals surface area contributed by atoms with E-state index in [1.165, 1.54) is 18.9 Å². The average molecular weight is 220 g/mol. The smallest absolute Gasteiger partial charge is 0.125 e. The zero-order valence-corrected chi connectivity index (χ0v) is 9.32. The number of anilines is 1. The zero-order chi connectivity index (χ0) is 11.0. The van der Waals surface area contributed by atoms with Crippen molar-refractivity contribution in [1.82, 2.24) is 5.32 Å². The number of benzene rings is 1. The molecule has 0 amide bonds. The lowest BCUT2D eigenvalue weighted by atomic mass is 9.92. The highest BCUT2D eigenvalue weighted by Gasteiger charge is 2.32. The number of hydrogen-bond acceptors (Lipinski definition) is 2. The fourth-order valence-corrected chi connectivity index (χ4v) is 2.94. The van der Waals surface area contributed by atoms with Crippen LogP contribution in [0.2, 0.25) is 0 Å². The lowest BCUT2D eigenvalue weighted by Crippen LogP contribution is -2.46. The van der Waals surface area contributed by atoms with E-state index in [0.717, 1.165) is 31.2 Å². The summed E-state index contributed by atoms with van der Waals surface area (Å²) in [6.45, 7) is 3.23. The molecule has 2 saturated heterocycles. The molecule has 3 rings (SSSR count). The lowest BCUT2D eigenvalue weighted by Gasteiger charge is -2.36. The molecule has 2 aliphatic rings. The summed E-state index contributed by atoms with van der Waals surface area (Å²) in [7, 11) is 0. The Hall–Kier alpha value is -1.09. The van der Waals surface area contributed by atoms with Gasteiger partial charge in [-0.3, -0.25) is 0 Å². The second kappa shape index (κ2) is 4.06. The van der Waals surface area contributed by atoms with Crippen molar-refractivity contribution in [2.75, 3.05) is 24.5 Å². The summed E-state index contributed by atoms with van der Waals surface area (Å²) in [5.41, 5.74) is 1.02. The minimum Gasteiger partial charge on any atom is -0.370 e. The molecule has 16 heavy (non-hydrogen) atoms. The summed E-state index contributed by atoms with van der Waals surface area (Å²) < 4.78 is 13.1. The monoisotopic (exact) mass is 220 g/mol. The summed E-state index contributed by atoms with van der Waals surface area (Å²) in [6, 6.07) is 7.54. The molecular formula is C13H17FN2. The van der Waals surface area contributed by atoms with Crippen molar-refractivity contribution >= 4 is 5.69 Å². The predicted octanol–water partition coefficient (Wildman–Crippen LogP) is 2.01. The topological polar surface area (TPSA) is 15.3 Å². The summed E-state index contributed by atoms with van der Waals surface area (Å²) in [4.78, 5) is 2.29. The quantitative estimate of drug-likeness (QED) is 0.779. The highest BCUT2D eigenvalue weighted by atomic mass is 19.1. The largest absolute Gasteiger partial charge is 0.370 e. The highest BCUT2D eigenvalue weighted by Crippen LogP contribution is 2.28. The lowest BCUT2D eigenvalue weighted by molar-refractivity contribution is 0.373. The zero-order valence-electron chi connectivity index (χ0n) is 9.32. The van der Waals surface area contributed by atoms with Crippen LogP contribution in [0, 0.1) is 11.7 Å². The van der Waals surface area contributed by atoms with Crippen LogP contribution in [-0.2, 0) is 0 Å². The van der Waals surface area contributed by atoms with Crippen LogP contribution in [0.15, 0.2) is 24.3 Å². The molecule has 2 unspecified atom stereocenters. The third-order valence-corrected chi connectivity index (χ3v) is 3.85. The molecule has 2 atom stereocenters. The molecule has 1 N–H and O–H groups in total. The van der Waals surface area contributed by atoms with E-state index >= 15 is 0 Å². The fraction of sp³-hybridized carbons (Fsp3) is 0.538. The van der Waals surface area contributed by atoms with Crippen molar-refractivity contribution in [2.45, 2.75) is 18.9 Å². The third-order valence-electron chi connectivity index (χ3n) is 3.85. The van der Waals surface area contributed by atoms with Gasteiger partial charge < -0.3 is 10.2 Å². The normalized spacial score (nSPS) is 29.2. The second-order valence-corrected chi connectivity index (χ2v) is 4.82. The van der Waals surface area contributed by atoms with Crippen LogP contribution in [0.1, 0.15) is 12.8 Å². The molecule has 86 valence electrons. The van der Waals surface area contributed by atoms with Crippen LogP contribution < -0.4 is 10.2 Å². The Bertz CT molecular complexity index is 380. The number of nitrogens with zero attached hydrogens (tertiary/aromatic N) is 1. The molecule has 0 radical (unpaired) electrons. The van der Waals surface area contributed by atoms with E-state index in [1.54, 1.807) is 12.1 Å². The number of fused-ring (bicyclic) bond motifs is 1. The van der Waals surface area contributed by atoms with Gasteiger partial charge in [0.05, 0.1) is 0 Å². The third kappa shape index (κ3) is 1.80. The van der Waals surface area contributed by atoms with Crippen LogP contribution in [0.25, 0.3) is 0 Å². The molecule has 3 heteroatoms. The van der Waals surface area contributed by atoms with Crippen LogP contribution in [0.3, 0.4) is 0 Å². The van der Waals surface area contributed by atoms with Crippen LogP contribution in [0.5, 0.6) is 0 Å². The second-order valence-electron chi connectivity index (χ2n) is 4.82. The van der Waals surface area contributed by atoms with Crippen molar-refractivity contribution in [3.05, 3.63) is 30.1 Å². The van der Waals surface area contributed by atoms with Crippen molar-refractivity contribution in [1.29, 1.82) is 0 Å². The number of hydrogen-bond donors (Lipinski definition) is 1. The minimum absolute atomic E-state index is 0.140. The molecule has 2 heterocycles. The van der Waals surface area contributed by atoms with E-state index in [4.69, 9.17) is 0 Å².